The van der Waals surface area contributed by atoms with Crippen LogP contribution >= 0.6 is 0 Å². The first-order valence-corrected chi connectivity index (χ1v) is 8.18. The maximum atomic E-state index is 5.99. The van der Waals surface area contributed by atoms with Crippen molar-refractivity contribution in [1.82, 2.24) is 4.90 Å². The fraction of sp³-hybridized carbons (Fsp3) is 1.00. The maximum absolute atomic E-state index is 5.99. The molecule has 2 nitrogen and oxygen atoms in total. The molecule has 2 saturated carbocycles. The van der Waals surface area contributed by atoms with Crippen molar-refractivity contribution in [3.05, 3.63) is 0 Å². The van der Waals surface area contributed by atoms with Crippen LogP contribution in [0.2, 0.25) is 0 Å². The molecule has 2 N–H and O–H groups in total. The lowest BCUT2D eigenvalue weighted by atomic mass is 9.79. The monoisotopic (exact) mass is 252 g/mol. The van der Waals surface area contributed by atoms with Crippen molar-refractivity contribution in [2.45, 2.75) is 76.8 Å². The molecule has 18 heavy (non-hydrogen) atoms. The number of rotatable bonds is 4. The summed E-state index contributed by atoms with van der Waals surface area (Å²) in [5.41, 5.74) is 5.99. The van der Waals surface area contributed by atoms with Crippen LogP contribution in [0.15, 0.2) is 0 Å². The third kappa shape index (κ3) is 3.27. The average molecular weight is 252 g/mol. The van der Waals surface area contributed by atoms with Crippen molar-refractivity contribution in [2.24, 2.45) is 17.6 Å². The first-order chi connectivity index (χ1) is 8.76. The zero-order chi connectivity index (χ0) is 13.0. The molecule has 0 aromatic carbocycles. The number of nitrogens with two attached hydrogens (primary N) is 1. The minimum absolute atomic E-state index is 0.755. The Kier molecular flexibility index (Phi) is 5.50. The molecule has 0 amide bonds. The molecular formula is C16H32N2. The summed E-state index contributed by atoms with van der Waals surface area (Å²) in [5, 5.41) is 0. The quantitative estimate of drug-likeness (QED) is 0.831. The Hall–Kier alpha value is -0.0800. The fourth-order valence-corrected chi connectivity index (χ4v) is 4.27. The van der Waals surface area contributed by atoms with E-state index in [2.05, 4.69) is 18.9 Å². The molecule has 0 spiro atoms. The molecule has 2 aliphatic rings. The van der Waals surface area contributed by atoms with Crippen molar-refractivity contribution in [3.63, 3.8) is 0 Å². The molecule has 0 saturated heterocycles. The van der Waals surface area contributed by atoms with Gasteiger partial charge in [0.1, 0.15) is 0 Å². The smallest absolute Gasteiger partial charge is 0.0135 e. The van der Waals surface area contributed by atoms with Gasteiger partial charge in [0.05, 0.1) is 0 Å². The van der Waals surface area contributed by atoms with Gasteiger partial charge in [-0.2, -0.15) is 0 Å². The Morgan fingerprint density at radius 1 is 1.06 bits per heavy atom. The highest BCUT2D eigenvalue weighted by Gasteiger charge is 2.33. The molecule has 2 fully saturated rings. The molecular weight excluding hydrogens is 220 g/mol. The Morgan fingerprint density at radius 3 is 2.56 bits per heavy atom. The summed E-state index contributed by atoms with van der Waals surface area (Å²) in [5.74, 6) is 1.73. The van der Waals surface area contributed by atoms with E-state index >= 15 is 0 Å². The Bertz CT molecular complexity index is 241. The van der Waals surface area contributed by atoms with Crippen LogP contribution in [0.3, 0.4) is 0 Å². The third-order valence-electron chi connectivity index (χ3n) is 5.60. The van der Waals surface area contributed by atoms with E-state index in [4.69, 9.17) is 5.73 Å². The molecule has 106 valence electrons. The summed E-state index contributed by atoms with van der Waals surface area (Å²) in [6, 6.07) is 1.60. The molecule has 0 bridgehead atoms. The normalized spacial score (nSPS) is 38.0. The zero-order valence-electron chi connectivity index (χ0n) is 12.4. The van der Waals surface area contributed by atoms with Crippen LogP contribution in [0.1, 0.15) is 64.7 Å². The molecule has 2 rings (SSSR count). The lowest BCUT2D eigenvalue weighted by Crippen LogP contribution is -2.49. The van der Waals surface area contributed by atoms with Gasteiger partial charge >= 0.3 is 0 Å². The van der Waals surface area contributed by atoms with Gasteiger partial charge in [-0.15, -0.1) is 0 Å². The summed E-state index contributed by atoms with van der Waals surface area (Å²) in [7, 11) is 2.38. The zero-order valence-corrected chi connectivity index (χ0v) is 12.4. The van der Waals surface area contributed by atoms with Gasteiger partial charge < -0.3 is 10.6 Å². The minimum atomic E-state index is 0.755. The topological polar surface area (TPSA) is 29.3 Å². The number of hydrogen-bond donors (Lipinski definition) is 1. The van der Waals surface area contributed by atoms with Crippen molar-refractivity contribution < 1.29 is 0 Å². The molecule has 4 atom stereocenters. The van der Waals surface area contributed by atoms with Gasteiger partial charge in [-0.25, -0.2) is 0 Å². The predicted molar refractivity (Wildman–Crippen MR) is 78.6 cm³/mol. The second-order valence-corrected chi connectivity index (χ2v) is 6.61. The van der Waals surface area contributed by atoms with Gasteiger partial charge in [-0.05, 0) is 51.1 Å². The molecule has 2 aliphatic carbocycles. The summed E-state index contributed by atoms with van der Waals surface area (Å²) in [6.07, 6.45) is 12.7. The molecule has 4 unspecified atom stereocenters. The van der Waals surface area contributed by atoms with Crippen molar-refractivity contribution >= 4 is 0 Å². The van der Waals surface area contributed by atoms with Gasteiger partial charge in [-0.1, -0.05) is 39.0 Å². The van der Waals surface area contributed by atoms with Gasteiger partial charge in [-0.3, -0.25) is 0 Å². The fourth-order valence-electron chi connectivity index (χ4n) is 4.27. The second-order valence-electron chi connectivity index (χ2n) is 6.61. The highest BCUT2D eigenvalue weighted by molar-refractivity contribution is 4.88. The average Bonchev–Trinajstić information content (AvgIpc) is 2.46. The minimum Gasteiger partial charge on any atom is -0.330 e. The standard InChI is InChI=1S/C16H32N2/c1-3-13-7-6-9-15(11-13)18(2)16-10-5-4-8-14(16)12-17/h13-16H,3-12,17H2,1-2H3. The molecule has 2 heteroatoms. The Labute approximate surface area is 113 Å². The molecule has 0 aromatic rings. The summed E-state index contributed by atoms with van der Waals surface area (Å²) in [4.78, 5) is 2.72. The second kappa shape index (κ2) is 6.91. The summed E-state index contributed by atoms with van der Waals surface area (Å²) in [6.45, 7) is 3.25. The van der Waals surface area contributed by atoms with Crippen molar-refractivity contribution in [3.8, 4) is 0 Å². The van der Waals surface area contributed by atoms with E-state index in [1.54, 1.807) is 0 Å². The van der Waals surface area contributed by atoms with Crippen LogP contribution in [-0.4, -0.2) is 30.6 Å². The summed E-state index contributed by atoms with van der Waals surface area (Å²) < 4.78 is 0. The highest BCUT2D eigenvalue weighted by Crippen LogP contribution is 2.34. The lowest BCUT2D eigenvalue weighted by molar-refractivity contribution is 0.0606. The van der Waals surface area contributed by atoms with Crippen LogP contribution in [0.25, 0.3) is 0 Å². The van der Waals surface area contributed by atoms with Crippen molar-refractivity contribution in [1.29, 1.82) is 0 Å². The maximum Gasteiger partial charge on any atom is 0.0135 e. The van der Waals surface area contributed by atoms with Gasteiger partial charge in [0.25, 0.3) is 0 Å². The van der Waals surface area contributed by atoms with E-state index in [1.165, 1.54) is 57.8 Å². The van der Waals surface area contributed by atoms with Crippen LogP contribution < -0.4 is 5.73 Å². The first kappa shape index (κ1) is 14.3. The van der Waals surface area contributed by atoms with Crippen molar-refractivity contribution in [2.75, 3.05) is 13.6 Å². The highest BCUT2D eigenvalue weighted by atomic mass is 15.2. The third-order valence-corrected chi connectivity index (χ3v) is 5.60. The molecule has 0 aromatic heterocycles. The lowest BCUT2D eigenvalue weighted by Gasteiger charge is -2.44. The van der Waals surface area contributed by atoms with Crippen LogP contribution in [-0.2, 0) is 0 Å². The van der Waals surface area contributed by atoms with E-state index in [0.29, 0.717) is 0 Å². The van der Waals surface area contributed by atoms with Crippen LogP contribution in [0.5, 0.6) is 0 Å². The number of nitrogens with zero attached hydrogens (tertiary/aromatic N) is 1. The molecule has 0 radical (unpaired) electrons. The number of hydrogen-bond acceptors (Lipinski definition) is 2. The van der Waals surface area contributed by atoms with E-state index < -0.39 is 0 Å². The van der Waals surface area contributed by atoms with E-state index in [0.717, 1.165) is 30.5 Å². The van der Waals surface area contributed by atoms with Gasteiger partial charge in [0, 0.05) is 12.1 Å². The van der Waals surface area contributed by atoms with Crippen LogP contribution in [0, 0.1) is 11.8 Å². The predicted octanol–water partition coefficient (Wildman–Crippen LogP) is 3.40. The van der Waals surface area contributed by atoms with E-state index in [9.17, 15) is 0 Å². The summed E-state index contributed by atoms with van der Waals surface area (Å²) >= 11 is 0. The van der Waals surface area contributed by atoms with Gasteiger partial charge in [0.15, 0.2) is 0 Å². The SMILES string of the molecule is CCC1CCCC(N(C)C2CCCCC2CN)C1. The molecule has 0 heterocycles. The Balaban J connectivity index is 1.93. The largest absolute Gasteiger partial charge is 0.330 e. The van der Waals surface area contributed by atoms with Gasteiger partial charge in [0.2, 0.25) is 0 Å². The first-order valence-electron chi connectivity index (χ1n) is 8.18. The Morgan fingerprint density at radius 2 is 1.83 bits per heavy atom. The van der Waals surface area contributed by atoms with Crippen LogP contribution in [0.4, 0.5) is 0 Å². The van der Waals surface area contributed by atoms with E-state index in [-0.39, 0.29) is 0 Å². The molecule has 0 aliphatic heterocycles. The van der Waals surface area contributed by atoms with E-state index in [1.807, 2.05) is 0 Å².